The second-order valence-corrected chi connectivity index (χ2v) is 9.39. The lowest BCUT2D eigenvalue weighted by atomic mass is 10.0. The van der Waals surface area contributed by atoms with Crippen LogP contribution in [0.2, 0.25) is 0 Å². The maximum absolute atomic E-state index is 12.7. The van der Waals surface area contributed by atoms with E-state index in [1.54, 1.807) is 33.6 Å². The molecule has 0 atom stereocenters. The van der Waals surface area contributed by atoms with Crippen LogP contribution in [0.4, 0.5) is 5.69 Å². The van der Waals surface area contributed by atoms with E-state index in [9.17, 15) is 9.59 Å². The van der Waals surface area contributed by atoms with Gasteiger partial charge in [-0.2, -0.15) is 0 Å². The Labute approximate surface area is 172 Å². The first-order valence-corrected chi connectivity index (χ1v) is 11.4. The molecule has 1 aliphatic rings. The molecular formula is C21H23N3O2S2. The van der Waals surface area contributed by atoms with E-state index >= 15 is 0 Å². The zero-order valence-electron chi connectivity index (χ0n) is 16.0. The Hall–Kier alpha value is -2.12. The molecule has 7 heteroatoms. The van der Waals surface area contributed by atoms with Gasteiger partial charge in [0.05, 0.1) is 11.4 Å². The summed E-state index contributed by atoms with van der Waals surface area (Å²) in [4.78, 5) is 32.6. The minimum Gasteiger partial charge on any atom is -0.325 e. The molecule has 4 rings (SSSR count). The number of thioether (sulfide) groups is 1. The number of hydrogen-bond acceptors (Lipinski definition) is 5. The van der Waals surface area contributed by atoms with Gasteiger partial charge in [0.15, 0.2) is 4.96 Å². The summed E-state index contributed by atoms with van der Waals surface area (Å²) in [6, 6.07) is 9.40. The topological polar surface area (TPSA) is 63.5 Å². The molecule has 0 saturated carbocycles. The lowest BCUT2D eigenvalue weighted by Gasteiger charge is -2.12. The highest BCUT2D eigenvalue weighted by Gasteiger charge is 2.18. The van der Waals surface area contributed by atoms with E-state index in [0.717, 1.165) is 46.2 Å². The number of hydrogen-bond donors (Lipinski definition) is 1. The summed E-state index contributed by atoms with van der Waals surface area (Å²) in [5.74, 6) is 0.505. The second kappa shape index (κ2) is 8.09. The van der Waals surface area contributed by atoms with Crippen molar-refractivity contribution < 1.29 is 4.79 Å². The van der Waals surface area contributed by atoms with Crippen LogP contribution < -0.4 is 10.9 Å². The molecule has 2 aromatic heterocycles. The highest BCUT2D eigenvalue weighted by molar-refractivity contribution is 7.98. The van der Waals surface area contributed by atoms with Crippen molar-refractivity contribution in [2.24, 2.45) is 5.92 Å². The van der Waals surface area contributed by atoms with Gasteiger partial charge in [-0.1, -0.05) is 26.0 Å². The third kappa shape index (κ3) is 3.86. The number of aryl methyl sites for hydroxylation is 2. The maximum atomic E-state index is 12.7. The highest BCUT2D eigenvalue weighted by Crippen LogP contribution is 2.31. The van der Waals surface area contributed by atoms with Crippen LogP contribution >= 0.6 is 23.1 Å². The molecule has 1 amide bonds. The first-order chi connectivity index (χ1) is 13.5. The zero-order chi connectivity index (χ0) is 19.7. The van der Waals surface area contributed by atoms with Crippen LogP contribution in [0.1, 0.15) is 43.0 Å². The van der Waals surface area contributed by atoms with Gasteiger partial charge < -0.3 is 5.32 Å². The predicted octanol–water partition coefficient (Wildman–Crippen LogP) is 4.52. The van der Waals surface area contributed by atoms with Gasteiger partial charge in [0.1, 0.15) is 0 Å². The molecule has 0 unspecified atom stereocenters. The van der Waals surface area contributed by atoms with E-state index in [4.69, 9.17) is 4.98 Å². The average Bonchev–Trinajstić information content (AvgIpc) is 3.06. The number of anilines is 1. The molecular weight excluding hydrogens is 390 g/mol. The van der Waals surface area contributed by atoms with Crippen LogP contribution in [0.25, 0.3) is 4.96 Å². The molecule has 0 saturated heterocycles. The van der Waals surface area contributed by atoms with E-state index in [-0.39, 0.29) is 17.4 Å². The largest absolute Gasteiger partial charge is 0.325 e. The standard InChI is InChI=1S/C21H23N3O2S2/c1-13(2)20(26)23-15-7-3-5-9-17(15)27-12-14-11-19(25)24-16-8-4-6-10-18(16)28-21(24)22-14/h3,5,7,9,11,13H,4,6,8,10,12H2,1-2H3,(H,23,26). The molecule has 2 heterocycles. The molecule has 1 aromatic carbocycles. The van der Waals surface area contributed by atoms with E-state index in [1.807, 2.05) is 38.1 Å². The summed E-state index contributed by atoms with van der Waals surface area (Å²) in [6.45, 7) is 3.75. The van der Waals surface area contributed by atoms with Gasteiger partial charge in [-0.25, -0.2) is 4.98 Å². The molecule has 0 fully saturated rings. The van der Waals surface area contributed by atoms with Gasteiger partial charge in [-0.05, 0) is 37.8 Å². The molecule has 1 aliphatic carbocycles. The molecule has 0 aliphatic heterocycles. The lowest BCUT2D eigenvalue weighted by Crippen LogP contribution is -2.18. The predicted molar refractivity (Wildman–Crippen MR) is 115 cm³/mol. The van der Waals surface area contributed by atoms with Crippen molar-refractivity contribution in [3.63, 3.8) is 0 Å². The molecule has 146 valence electrons. The fraction of sp³-hybridized carbons (Fsp3) is 0.381. The van der Waals surface area contributed by atoms with Crippen molar-refractivity contribution in [1.82, 2.24) is 9.38 Å². The van der Waals surface area contributed by atoms with E-state index in [1.165, 1.54) is 11.3 Å². The first-order valence-electron chi connectivity index (χ1n) is 9.59. The second-order valence-electron chi connectivity index (χ2n) is 7.31. The molecule has 28 heavy (non-hydrogen) atoms. The molecule has 0 bridgehead atoms. The minimum atomic E-state index is -0.0768. The van der Waals surface area contributed by atoms with Crippen LogP contribution in [-0.4, -0.2) is 15.3 Å². The number of nitrogens with zero attached hydrogens (tertiary/aromatic N) is 2. The monoisotopic (exact) mass is 413 g/mol. The maximum Gasteiger partial charge on any atom is 0.259 e. The van der Waals surface area contributed by atoms with Crippen LogP contribution in [0.5, 0.6) is 0 Å². The third-order valence-electron chi connectivity index (χ3n) is 4.86. The number of benzene rings is 1. The molecule has 1 N–H and O–H groups in total. The SMILES string of the molecule is CC(C)C(=O)Nc1ccccc1SCc1cc(=O)n2c3c(sc2n1)CCCC3. The van der Waals surface area contributed by atoms with Crippen molar-refractivity contribution >= 4 is 39.7 Å². The van der Waals surface area contributed by atoms with Gasteiger partial charge in [-0.15, -0.1) is 23.1 Å². The van der Waals surface area contributed by atoms with Gasteiger partial charge in [0.2, 0.25) is 5.91 Å². The van der Waals surface area contributed by atoms with E-state index in [0.29, 0.717) is 5.75 Å². The Kier molecular flexibility index (Phi) is 5.55. The van der Waals surface area contributed by atoms with Crippen molar-refractivity contribution in [2.75, 3.05) is 5.32 Å². The van der Waals surface area contributed by atoms with Crippen LogP contribution in [0.3, 0.4) is 0 Å². The molecule has 0 spiro atoms. The van der Waals surface area contributed by atoms with Gasteiger partial charge in [-0.3, -0.25) is 14.0 Å². The average molecular weight is 414 g/mol. The third-order valence-corrected chi connectivity index (χ3v) is 7.11. The number of carbonyl (C=O) groups is 1. The summed E-state index contributed by atoms with van der Waals surface area (Å²) >= 11 is 3.24. The van der Waals surface area contributed by atoms with Crippen molar-refractivity contribution in [3.05, 3.63) is 57.0 Å². The number of fused-ring (bicyclic) bond motifs is 3. The lowest BCUT2D eigenvalue weighted by molar-refractivity contribution is -0.118. The van der Waals surface area contributed by atoms with Crippen LogP contribution in [0, 0.1) is 5.92 Å². The summed E-state index contributed by atoms with van der Waals surface area (Å²) in [5, 5.41) is 2.98. The van der Waals surface area contributed by atoms with Crippen LogP contribution in [-0.2, 0) is 23.4 Å². The summed E-state index contributed by atoms with van der Waals surface area (Å²) in [6.07, 6.45) is 4.35. The van der Waals surface area contributed by atoms with Crippen molar-refractivity contribution in [1.29, 1.82) is 0 Å². The fourth-order valence-electron chi connectivity index (χ4n) is 3.34. The fourth-order valence-corrected chi connectivity index (χ4v) is 5.47. The molecule has 0 radical (unpaired) electrons. The van der Waals surface area contributed by atoms with E-state index < -0.39 is 0 Å². The number of aromatic nitrogens is 2. The van der Waals surface area contributed by atoms with E-state index in [2.05, 4.69) is 5.32 Å². The zero-order valence-corrected chi connectivity index (χ0v) is 17.7. The summed E-state index contributed by atoms with van der Waals surface area (Å²) in [5.41, 5.74) is 2.75. The highest BCUT2D eigenvalue weighted by atomic mass is 32.2. The number of para-hydroxylation sites is 1. The van der Waals surface area contributed by atoms with Crippen molar-refractivity contribution in [2.45, 2.75) is 50.2 Å². The number of thiazole rings is 1. The molecule has 3 aromatic rings. The molecule has 5 nitrogen and oxygen atoms in total. The first kappa shape index (κ1) is 19.2. The Morgan fingerprint density at radius 1 is 1.29 bits per heavy atom. The number of rotatable bonds is 5. The van der Waals surface area contributed by atoms with Gasteiger partial charge in [0, 0.05) is 33.2 Å². The Bertz CT molecular complexity index is 1080. The normalized spacial score (nSPS) is 13.7. The number of nitrogens with one attached hydrogen (secondary N) is 1. The smallest absolute Gasteiger partial charge is 0.259 e. The number of carbonyl (C=O) groups excluding carboxylic acids is 1. The summed E-state index contributed by atoms with van der Waals surface area (Å²) < 4.78 is 1.80. The summed E-state index contributed by atoms with van der Waals surface area (Å²) in [7, 11) is 0. The minimum absolute atomic E-state index is 0.00462. The van der Waals surface area contributed by atoms with Crippen molar-refractivity contribution in [3.8, 4) is 0 Å². The Balaban J connectivity index is 1.57. The number of amides is 1. The Morgan fingerprint density at radius 3 is 2.89 bits per heavy atom. The van der Waals surface area contributed by atoms with Gasteiger partial charge in [0.25, 0.3) is 5.56 Å². The Morgan fingerprint density at radius 2 is 2.07 bits per heavy atom. The van der Waals surface area contributed by atoms with Gasteiger partial charge >= 0.3 is 0 Å². The quantitative estimate of drug-likeness (QED) is 0.625. The van der Waals surface area contributed by atoms with Crippen LogP contribution in [0.15, 0.2) is 40.0 Å².